The van der Waals surface area contributed by atoms with Gasteiger partial charge in [0.15, 0.2) is 5.75 Å². The van der Waals surface area contributed by atoms with E-state index < -0.39 is 4.92 Å². The molecule has 0 radical (unpaired) electrons. The van der Waals surface area contributed by atoms with Crippen LogP contribution in [-0.4, -0.2) is 10.0 Å². The highest BCUT2D eigenvalue weighted by molar-refractivity contribution is 5.49. The van der Waals surface area contributed by atoms with Crippen molar-refractivity contribution in [1.29, 1.82) is 5.26 Å². The molecule has 2 rings (SSSR count). The van der Waals surface area contributed by atoms with Crippen LogP contribution in [0, 0.1) is 21.4 Å². The number of rotatable bonds is 5. The number of hydrogen-bond donors (Lipinski definition) is 1. The van der Waals surface area contributed by atoms with Gasteiger partial charge in [0, 0.05) is 11.6 Å². The fourth-order valence-corrected chi connectivity index (χ4v) is 1.84. The van der Waals surface area contributed by atoms with Crippen molar-refractivity contribution >= 4 is 5.69 Å². The van der Waals surface area contributed by atoms with Gasteiger partial charge >= 0.3 is 5.69 Å². The van der Waals surface area contributed by atoms with Gasteiger partial charge in [-0.05, 0) is 17.7 Å². The molecule has 0 atom stereocenters. The Morgan fingerprint density at radius 1 is 1.29 bits per heavy atom. The van der Waals surface area contributed by atoms with Gasteiger partial charge in [0.2, 0.25) is 0 Å². The van der Waals surface area contributed by atoms with Crippen LogP contribution in [0.25, 0.3) is 0 Å². The zero-order valence-electron chi connectivity index (χ0n) is 11.0. The number of nitriles is 1. The van der Waals surface area contributed by atoms with Gasteiger partial charge < -0.3 is 9.84 Å². The van der Waals surface area contributed by atoms with Crippen LogP contribution in [0.2, 0.25) is 0 Å². The lowest BCUT2D eigenvalue weighted by Gasteiger charge is -2.08. The second kappa shape index (κ2) is 6.50. The highest BCUT2D eigenvalue weighted by atomic mass is 16.6. The summed E-state index contributed by atoms with van der Waals surface area (Å²) in [5.41, 5.74) is 1.34. The van der Waals surface area contributed by atoms with Crippen molar-refractivity contribution in [3.8, 4) is 11.8 Å². The lowest BCUT2D eigenvalue weighted by Crippen LogP contribution is -2.01. The van der Waals surface area contributed by atoms with Crippen LogP contribution in [0.1, 0.15) is 16.7 Å². The minimum absolute atomic E-state index is 0.0586. The molecular weight excluding hydrogens is 272 g/mol. The maximum absolute atomic E-state index is 11.0. The maximum Gasteiger partial charge on any atom is 0.311 e. The van der Waals surface area contributed by atoms with Crippen molar-refractivity contribution < 1.29 is 14.8 Å². The Morgan fingerprint density at radius 2 is 2.05 bits per heavy atom. The predicted molar refractivity (Wildman–Crippen MR) is 74.5 cm³/mol. The van der Waals surface area contributed by atoms with Crippen LogP contribution in [0.3, 0.4) is 0 Å². The Hall–Kier alpha value is -2.91. The highest BCUT2D eigenvalue weighted by Crippen LogP contribution is 2.29. The Balaban J connectivity index is 2.24. The van der Waals surface area contributed by atoms with Crippen LogP contribution >= 0.6 is 0 Å². The molecule has 0 bridgehead atoms. The summed E-state index contributed by atoms with van der Waals surface area (Å²) >= 11 is 0. The summed E-state index contributed by atoms with van der Waals surface area (Å²) in [6.07, 6.45) is 0. The Morgan fingerprint density at radius 3 is 2.71 bits per heavy atom. The largest absolute Gasteiger partial charge is 0.482 e. The topological polar surface area (TPSA) is 96.4 Å². The molecule has 0 spiro atoms. The first-order valence-electron chi connectivity index (χ1n) is 6.14. The van der Waals surface area contributed by atoms with E-state index in [-0.39, 0.29) is 24.7 Å². The van der Waals surface area contributed by atoms with Gasteiger partial charge in [-0.1, -0.05) is 24.3 Å². The Bertz CT molecular complexity index is 707. The molecule has 0 fully saturated rings. The molecule has 0 aliphatic heterocycles. The molecule has 6 heteroatoms. The van der Waals surface area contributed by atoms with E-state index in [0.29, 0.717) is 16.7 Å². The standard InChI is InChI=1S/C15H12N2O4/c16-8-12-3-1-2-4-13(12)10-21-15-6-5-11(9-18)7-14(15)17(19)20/h1-7,18H,9-10H2. The van der Waals surface area contributed by atoms with Gasteiger partial charge in [0.05, 0.1) is 23.2 Å². The van der Waals surface area contributed by atoms with Crippen molar-refractivity contribution in [2.75, 3.05) is 0 Å². The lowest BCUT2D eigenvalue weighted by atomic mass is 10.1. The molecule has 2 aromatic rings. The number of aliphatic hydroxyl groups excluding tert-OH is 1. The van der Waals surface area contributed by atoms with E-state index in [4.69, 9.17) is 15.1 Å². The molecule has 0 saturated heterocycles. The minimum Gasteiger partial charge on any atom is -0.482 e. The fourth-order valence-electron chi connectivity index (χ4n) is 1.84. The normalized spacial score (nSPS) is 9.90. The van der Waals surface area contributed by atoms with E-state index in [1.807, 2.05) is 6.07 Å². The molecule has 2 aromatic carbocycles. The average Bonchev–Trinajstić information content (AvgIpc) is 2.52. The van der Waals surface area contributed by atoms with E-state index in [2.05, 4.69) is 0 Å². The van der Waals surface area contributed by atoms with Crippen LogP contribution in [-0.2, 0) is 13.2 Å². The second-order valence-electron chi connectivity index (χ2n) is 4.27. The van der Waals surface area contributed by atoms with E-state index in [1.54, 1.807) is 30.3 Å². The van der Waals surface area contributed by atoms with Gasteiger partial charge in [-0.25, -0.2) is 0 Å². The molecule has 21 heavy (non-hydrogen) atoms. The number of nitro groups is 1. The first-order chi connectivity index (χ1) is 10.2. The second-order valence-corrected chi connectivity index (χ2v) is 4.27. The molecular formula is C15H12N2O4. The van der Waals surface area contributed by atoms with Gasteiger partial charge in [0.1, 0.15) is 6.61 Å². The number of ether oxygens (including phenoxy) is 1. The van der Waals surface area contributed by atoms with Crippen LogP contribution in [0.5, 0.6) is 5.75 Å². The van der Waals surface area contributed by atoms with Crippen LogP contribution < -0.4 is 4.74 Å². The van der Waals surface area contributed by atoms with E-state index in [0.717, 1.165) is 0 Å². The van der Waals surface area contributed by atoms with E-state index in [1.165, 1.54) is 12.1 Å². The average molecular weight is 284 g/mol. The van der Waals surface area contributed by atoms with Crippen molar-refractivity contribution in [2.45, 2.75) is 13.2 Å². The summed E-state index contributed by atoms with van der Waals surface area (Å²) in [6, 6.07) is 13.2. The molecule has 0 heterocycles. The smallest absolute Gasteiger partial charge is 0.311 e. The number of benzene rings is 2. The molecule has 106 valence electrons. The molecule has 0 saturated carbocycles. The van der Waals surface area contributed by atoms with Gasteiger partial charge in [-0.2, -0.15) is 5.26 Å². The van der Waals surface area contributed by atoms with E-state index >= 15 is 0 Å². The van der Waals surface area contributed by atoms with Crippen LogP contribution in [0.4, 0.5) is 5.69 Å². The van der Waals surface area contributed by atoms with Crippen molar-refractivity contribution in [3.05, 3.63) is 69.3 Å². The van der Waals surface area contributed by atoms with Crippen molar-refractivity contribution in [2.24, 2.45) is 0 Å². The summed E-state index contributed by atoms with van der Waals surface area (Å²) in [4.78, 5) is 10.5. The zero-order chi connectivity index (χ0) is 15.2. The summed E-state index contributed by atoms with van der Waals surface area (Å²) in [5.74, 6) is 0.102. The number of hydrogen-bond acceptors (Lipinski definition) is 5. The van der Waals surface area contributed by atoms with Crippen molar-refractivity contribution in [3.63, 3.8) is 0 Å². The third kappa shape index (κ3) is 3.35. The Kier molecular flexibility index (Phi) is 4.49. The third-order valence-corrected chi connectivity index (χ3v) is 2.92. The number of nitrogens with zero attached hydrogens (tertiary/aromatic N) is 2. The fraction of sp³-hybridized carbons (Fsp3) is 0.133. The third-order valence-electron chi connectivity index (χ3n) is 2.92. The van der Waals surface area contributed by atoms with Gasteiger partial charge in [-0.15, -0.1) is 0 Å². The highest BCUT2D eigenvalue weighted by Gasteiger charge is 2.16. The molecule has 6 nitrogen and oxygen atoms in total. The minimum atomic E-state index is -0.565. The molecule has 0 unspecified atom stereocenters. The summed E-state index contributed by atoms with van der Waals surface area (Å²) in [7, 11) is 0. The summed E-state index contributed by atoms with van der Waals surface area (Å²) < 4.78 is 5.45. The first-order valence-corrected chi connectivity index (χ1v) is 6.14. The lowest BCUT2D eigenvalue weighted by molar-refractivity contribution is -0.386. The maximum atomic E-state index is 11.0. The van der Waals surface area contributed by atoms with E-state index in [9.17, 15) is 10.1 Å². The number of aliphatic hydroxyl groups is 1. The zero-order valence-corrected chi connectivity index (χ0v) is 11.0. The predicted octanol–water partition coefficient (Wildman–Crippen LogP) is 2.54. The molecule has 0 aliphatic carbocycles. The Labute approximate surface area is 121 Å². The molecule has 0 aliphatic rings. The quantitative estimate of drug-likeness (QED) is 0.672. The summed E-state index contributed by atoms with van der Waals surface area (Å²) in [6.45, 7) is -0.221. The summed E-state index contributed by atoms with van der Waals surface area (Å²) in [5, 5.41) is 29.0. The SMILES string of the molecule is N#Cc1ccccc1COc1ccc(CO)cc1[N+](=O)[O-]. The van der Waals surface area contributed by atoms with Gasteiger partial charge in [0.25, 0.3) is 0 Å². The molecule has 0 aromatic heterocycles. The molecule has 1 N–H and O–H groups in total. The monoisotopic (exact) mass is 284 g/mol. The van der Waals surface area contributed by atoms with Crippen molar-refractivity contribution in [1.82, 2.24) is 0 Å². The van der Waals surface area contributed by atoms with Gasteiger partial charge in [-0.3, -0.25) is 10.1 Å². The van der Waals surface area contributed by atoms with Crippen LogP contribution in [0.15, 0.2) is 42.5 Å². The number of nitro benzene ring substituents is 1. The first kappa shape index (κ1) is 14.5. The molecule has 0 amide bonds.